The Morgan fingerprint density at radius 3 is 2.00 bits per heavy atom. The van der Waals surface area contributed by atoms with Crippen molar-refractivity contribution in [1.29, 1.82) is 0 Å². The molecule has 0 atom stereocenters. The molecule has 0 spiro atoms. The van der Waals surface area contributed by atoms with Crippen molar-refractivity contribution in [2.45, 2.75) is 0 Å². The smallest absolute Gasteiger partial charge is 0.716 e. The van der Waals surface area contributed by atoms with Crippen LogP contribution in [0.15, 0.2) is 57.8 Å². The van der Waals surface area contributed by atoms with Crippen molar-refractivity contribution in [2.75, 3.05) is 0 Å². The van der Waals surface area contributed by atoms with E-state index in [1.807, 2.05) is 0 Å². The molecule has 29 heavy (non-hydrogen) atoms. The van der Waals surface area contributed by atoms with Crippen molar-refractivity contribution in [2.24, 2.45) is 0 Å². The van der Waals surface area contributed by atoms with Gasteiger partial charge in [-0.05, 0) is 29.8 Å². The van der Waals surface area contributed by atoms with Gasteiger partial charge in [0.2, 0.25) is 0 Å². The summed E-state index contributed by atoms with van der Waals surface area (Å²) in [5.41, 5.74) is -3.00. The van der Waals surface area contributed by atoms with E-state index in [2.05, 4.69) is 8.37 Å². The second-order valence-corrected chi connectivity index (χ2v) is 6.62. The number of benzene rings is 2. The maximum Gasteiger partial charge on any atom is 1.00 e. The van der Waals surface area contributed by atoms with Crippen molar-refractivity contribution in [3.8, 4) is 22.6 Å². The van der Waals surface area contributed by atoms with Gasteiger partial charge in [-0.3, -0.25) is 4.79 Å². The molecular formula is C15H8Na2O10S2. The van der Waals surface area contributed by atoms with E-state index in [1.165, 1.54) is 0 Å². The quantitative estimate of drug-likeness (QED) is 0.203. The Labute approximate surface area is 217 Å². The van der Waals surface area contributed by atoms with Crippen LogP contribution in [-0.4, -0.2) is 25.9 Å². The monoisotopic (exact) mass is 464 g/mol. The van der Waals surface area contributed by atoms with Gasteiger partial charge in [-0.15, -0.1) is 0 Å². The Hall–Kier alpha value is -0.930. The van der Waals surface area contributed by atoms with Gasteiger partial charge in [0.1, 0.15) is 23.3 Å². The Morgan fingerprint density at radius 2 is 1.45 bits per heavy atom. The van der Waals surface area contributed by atoms with Crippen LogP contribution in [-0.2, 0) is 20.8 Å². The number of hydrogen-bond acceptors (Lipinski definition) is 10. The first-order chi connectivity index (χ1) is 15.0. The molecule has 0 aliphatic carbocycles. The van der Waals surface area contributed by atoms with Crippen LogP contribution in [0.2, 0.25) is 0 Å². The molecule has 2 aromatic carbocycles. The average Bonchev–Trinajstić information content (AvgIpc) is 2.68. The van der Waals surface area contributed by atoms with Crippen LogP contribution in [0.25, 0.3) is 22.1 Å². The van der Waals surface area contributed by atoms with Gasteiger partial charge in [-0.2, -0.15) is 0 Å². The summed E-state index contributed by atoms with van der Waals surface area (Å²) in [7, 11) is -10.8. The zero-order valence-corrected chi connectivity index (χ0v) is 20.2. The normalized spacial score (nSPS) is 14.1. The van der Waals surface area contributed by atoms with Crippen molar-refractivity contribution in [1.82, 2.24) is 0 Å². The molecule has 1 heterocycles. The third-order valence-electron chi connectivity index (χ3n) is 2.85. The molecule has 0 saturated carbocycles. The minimum atomic E-state index is -5.45. The number of hydrogen-bond donors (Lipinski definition) is 0. The molecule has 0 unspecified atom stereocenters. The summed E-state index contributed by atoms with van der Waals surface area (Å²) in [6, 6.07) is -5.26. The van der Waals surface area contributed by atoms with Crippen molar-refractivity contribution < 1.29 is 106 Å². The van der Waals surface area contributed by atoms with Crippen molar-refractivity contribution in [3.63, 3.8) is 0 Å². The minimum absolute atomic E-state index is 0. The minimum Gasteiger partial charge on any atom is -0.716 e. The first-order valence-corrected chi connectivity index (χ1v) is 9.17. The second kappa shape index (κ2) is 9.92. The van der Waals surface area contributed by atoms with E-state index >= 15 is 0 Å². The van der Waals surface area contributed by atoms with Crippen LogP contribution in [0.3, 0.4) is 0 Å². The molecular weight excluding hydrogens is 450 g/mol. The Balaban J connectivity index is 0.00000306. The number of rotatable bonds is 5. The molecule has 0 radical (unpaired) electrons. The van der Waals surface area contributed by atoms with E-state index in [-0.39, 0.29) is 59.1 Å². The van der Waals surface area contributed by atoms with Gasteiger partial charge in [0.15, 0.2) is 5.43 Å². The molecule has 142 valence electrons. The zero-order valence-electron chi connectivity index (χ0n) is 20.6. The van der Waals surface area contributed by atoms with Gasteiger partial charge < -0.3 is 21.9 Å². The van der Waals surface area contributed by atoms with Crippen LogP contribution < -0.4 is 72.9 Å². The van der Waals surface area contributed by atoms with Gasteiger partial charge in [-0.1, -0.05) is 12.1 Å². The van der Waals surface area contributed by atoms with Crippen LogP contribution in [0, 0.1) is 0 Å². The standard InChI is InChI=1S/C15H10O10S2.2Na/c16-15-12-6-5-11(25-27(20,21)22)7-14(12)23-8-13(15)9-1-3-10(4-2-9)24-26(17,18)19;;/h1-8H,(H,17,18,19)(H,20,21,22);;/q;2*+1/p-2/i1D,2D,3D,4D,5D,7D;;. The summed E-state index contributed by atoms with van der Waals surface area (Å²) in [4.78, 5) is 13.0. The molecule has 1 aromatic heterocycles. The predicted molar refractivity (Wildman–Crippen MR) is 88.6 cm³/mol. The molecule has 3 rings (SSSR count). The second-order valence-electron chi connectivity index (χ2n) is 4.65. The first-order valence-electron chi connectivity index (χ1n) is 9.50. The maximum atomic E-state index is 13.0. The molecule has 0 amide bonds. The fraction of sp³-hybridized carbons (Fsp3) is 0. The van der Waals surface area contributed by atoms with Gasteiger partial charge in [-0.25, -0.2) is 16.8 Å². The molecule has 3 aromatic rings. The van der Waals surface area contributed by atoms with Gasteiger partial charge in [0.05, 0.1) is 19.2 Å². The van der Waals surface area contributed by atoms with E-state index in [0.717, 1.165) is 0 Å². The molecule has 0 aliphatic rings. The Morgan fingerprint density at radius 1 is 0.897 bits per heavy atom. The molecule has 0 aliphatic heterocycles. The van der Waals surface area contributed by atoms with Crippen LogP contribution in [0.4, 0.5) is 0 Å². The largest absolute Gasteiger partial charge is 1.00 e. The van der Waals surface area contributed by atoms with Gasteiger partial charge >= 0.3 is 59.1 Å². The summed E-state index contributed by atoms with van der Waals surface area (Å²) in [5, 5.41) is -0.530. The summed E-state index contributed by atoms with van der Waals surface area (Å²) >= 11 is 0. The van der Waals surface area contributed by atoms with E-state index < -0.39 is 96.1 Å². The molecule has 0 N–H and O–H groups in total. The van der Waals surface area contributed by atoms with Crippen LogP contribution in [0.5, 0.6) is 11.5 Å². The molecule has 0 saturated heterocycles. The molecule has 14 heteroatoms. The topological polar surface area (TPSA) is 163 Å². The van der Waals surface area contributed by atoms with E-state index in [0.29, 0.717) is 12.3 Å². The summed E-state index contributed by atoms with van der Waals surface area (Å²) in [5.74, 6) is -2.21. The zero-order chi connectivity index (χ0) is 25.0. The van der Waals surface area contributed by atoms with E-state index in [9.17, 15) is 30.7 Å². The average molecular weight is 464 g/mol. The van der Waals surface area contributed by atoms with Crippen LogP contribution in [0.1, 0.15) is 8.22 Å². The molecule has 0 bridgehead atoms. The van der Waals surface area contributed by atoms with Crippen LogP contribution >= 0.6 is 0 Å². The Kier molecular flexibility index (Phi) is 6.06. The summed E-state index contributed by atoms with van der Waals surface area (Å²) < 4.78 is 125. The SMILES string of the molecule is [2H]c1cc2c(=O)c(-c3c([2H])c([2H])c(OS(=O)(=O)[O-])c([2H])c3[2H])coc2c([2H])c1OS(=O)(=O)[O-].[Na+].[Na+]. The summed E-state index contributed by atoms with van der Waals surface area (Å²) in [6.07, 6.45) is 0.608. The predicted octanol–water partition coefficient (Wildman–Crippen LogP) is -4.85. The van der Waals surface area contributed by atoms with E-state index in [4.69, 9.17) is 12.6 Å². The maximum absolute atomic E-state index is 13.0. The van der Waals surface area contributed by atoms with E-state index in [1.54, 1.807) is 0 Å². The third kappa shape index (κ3) is 7.07. The first kappa shape index (κ1) is 17.7. The van der Waals surface area contributed by atoms with Gasteiger partial charge in [0.25, 0.3) is 20.8 Å². The summed E-state index contributed by atoms with van der Waals surface area (Å²) in [6.45, 7) is 0. The van der Waals surface area contributed by atoms with Gasteiger partial charge in [0, 0.05) is 6.04 Å². The molecule has 10 nitrogen and oxygen atoms in total. The Bertz CT molecular complexity index is 1580. The van der Waals surface area contributed by atoms with Crippen molar-refractivity contribution >= 4 is 31.8 Å². The third-order valence-corrected chi connectivity index (χ3v) is 3.59. The fourth-order valence-corrected chi connectivity index (χ4v) is 2.47. The number of fused-ring (bicyclic) bond motifs is 1. The fourth-order valence-electron chi connectivity index (χ4n) is 1.89. The molecule has 0 fully saturated rings. The van der Waals surface area contributed by atoms with Crippen molar-refractivity contribution in [3.05, 3.63) is 58.8 Å².